The van der Waals surface area contributed by atoms with Crippen molar-refractivity contribution in [2.24, 2.45) is 17.8 Å². The summed E-state index contributed by atoms with van der Waals surface area (Å²) in [6.07, 6.45) is 7.64. The Labute approximate surface area is 117 Å². The molecular formula is C18H25N. The van der Waals surface area contributed by atoms with E-state index in [1.807, 2.05) is 0 Å². The Hall–Kier alpha value is -1.24. The average molecular weight is 255 g/mol. The Morgan fingerprint density at radius 2 is 1.84 bits per heavy atom. The van der Waals surface area contributed by atoms with Crippen molar-refractivity contribution in [3.05, 3.63) is 42.0 Å². The summed E-state index contributed by atoms with van der Waals surface area (Å²) in [7, 11) is 0. The van der Waals surface area contributed by atoms with Crippen molar-refractivity contribution in [3.63, 3.8) is 0 Å². The molecule has 0 radical (unpaired) electrons. The SMILES string of the molecule is CC(C)c1ccccc1NC(C)C1CC2C=CC1C2. The second-order valence-electron chi connectivity index (χ2n) is 6.62. The van der Waals surface area contributed by atoms with Crippen LogP contribution in [0.2, 0.25) is 0 Å². The Balaban J connectivity index is 1.73. The van der Waals surface area contributed by atoms with Gasteiger partial charge in [0.1, 0.15) is 0 Å². The van der Waals surface area contributed by atoms with Crippen LogP contribution in [-0.2, 0) is 0 Å². The van der Waals surface area contributed by atoms with E-state index in [9.17, 15) is 0 Å². The van der Waals surface area contributed by atoms with Crippen LogP contribution in [-0.4, -0.2) is 6.04 Å². The molecule has 2 aliphatic carbocycles. The topological polar surface area (TPSA) is 12.0 Å². The highest BCUT2D eigenvalue weighted by Gasteiger charge is 2.38. The maximum atomic E-state index is 3.78. The lowest BCUT2D eigenvalue weighted by molar-refractivity contribution is 0.399. The summed E-state index contributed by atoms with van der Waals surface area (Å²) in [4.78, 5) is 0. The van der Waals surface area contributed by atoms with Crippen molar-refractivity contribution in [3.8, 4) is 0 Å². The van der Waals surface area contributed by atoms with Crippen LogP contribution in [0.5, 0.6) is 0 Å². The third kappa shape index (κ3) is 2.43. The molecule has 1 N–H and O–H groups in total. The molecule has 1 aromatic carbocycles. The number of fused-ring (bicyclic) bond motifs is 2. The lowest BCUT2D eigenvalue weighted by atomic mass is 9.87. The van der Waals surface area contributed by atoms with Crippen molar-refractivity contribution in [2.75, 3.05) is 5.32 Å². The molecule has 1 saturated carbocycles. The second-order valence-corrected chi connectivity index (χ2v) is 6.62. The third-order valence-corrected chi connectivity index (χ3v) is 4.94. The Kier molecular flexibility index (Phi) is 3.38. The van der Waals surface area contributed by atoms with Crippen molar-refractivity contribution in [1.82, 2.24) is 0 Å². The molecule has 0 aromatic heterocycles. The minimum atomic E-state index is 0.569. The number of rotatable bonds is 4. The minimum Gasteiger partial charge on any atom is -0.382 e. The van der Waals surface area contributed by atoms with E-state index >= 15 is 0 Å². The van der Waals surface area contributed by atoms with Crippen LogP contribution in [0, 0.1) is 17.8 Å². The number of hydrogen-bond acceptors (Lipinski definition) is 1. The molecule has 0 saturated heterocycles. The van der Waals surface area contributed by atoms with Crippen molar-refractivity contribution in [2.45, 2.75) is 45.6 Å². The van der Waals surface area contributed by atoms with Gasteiger partial charge in [0.2, 0.25) is 0 Å². The summed E-state index contributed by atoms with van der Waals surface area (Å²) >= 11 is 0. The molecule has 1 nitrogen and oxygen atoms in total. The monoisotopic (exact) mass is 255 g/mol. The van der Waals surface area contributed by atoms with Crippen LogP contribution in [0.4, 0.5) is 5.69 Å². The standard InChI is InChI=1S/C18H25N/c1-12(2)16-6-4-5-7-18(16)19-13(3)17-11-14-8-9-15(17)10-14/h4-9,12-15,17,19H,10-11H2,1-3H3. The first-order chi connectivity index (χ1) is 9.15. The van der Waals surface area contributed by atoms with Gasteiger partial charge in [0.05, 0.1) is 0 Å². The Morgan fingerprint density at radius 3 is 2.47 bits per heavy atom. The van der Waals surface area contributed by atoms with Crippen LogP contribution in [0.3, 0.4) is 0 Å². The van der Waals surface area contributed by atoms with Gasteiger partial charge in [-0.05, 0) is 55.1 Å². The van der Waals surface area contributed by atoms with Crippen LogP contribution in [0.1, 0.15) is 45.1 Å². The van der Waals surface area contributed by atoms with Gasteiger partial charge in [-0.3, -0.25) is 0 Å². The van der Waals surface area contributed by atoms with E-state index in [1.54, 1.807) is 0 Å². The second kappa shape index (κ2) is 5.03. The van der Waals surface area contributed by atoms with Crippen molar-refractivity contribution >= 4 is 5.69 Å². The molecule has 4 atom stereocenters. The van der Waals surface area contributed by atoms with Gasteiger partial charge in [-0.1, -0.05) is 44.2 Å². The van der Waals surface area contributed by atoms with Gasteiger partial charge in [0, 0.05) is 11.7 Å². The molecule has 102 valence electrons. The summed E-state index contributed by atoms with van der Waals surface area (Å²) in [6, 6.07) is 9.34. The quantitative estimate of drug-likeness (QED) is 0.760. The molecule has 1 fully saturated rings. The Morgan fingerprint density at radius 1 is 1.05 bits per heavy atom. The maximum Gasteiger partial charge on any atom is 0.0377 e. The summed E-state index contributed by atoms with van der Waals surface area (Å²) in [6.45, 7) is 6.90. The zero-order chi connectivity index (χ0) is 13.4. The van der Waals surface area contributed by atoms with Gasteiger partial charge >= 0.3 is 0 Å². The molecule has 0 amide bonds. The Bertz CT molecular complexity index is 474. The summed E-state index contributed by atoms with van der Waals surface area (Å²) in [5, 5.41) is 3.78. The number of hydrogen-bond donors (Lipinski definition) is 1. The van der Waals surface area contributed by atoms with Gasteiger partial charge in [0.25, 0.3) is 0 Å². The van der Waals surface area contributed by atoms with Crippen LogP contribution < -0.4 is 5.32 Å². The smallest absolute Gasteiger partial charge is 0.0377 e. The molecule has 4 unspecified atom stereocenters. The minimum absolute atomic E-state index is 0.569. The molecule has 0 heterocycles. The first-order valence-corrected chi connectivity index (χ1v) is 7.69. The highest BCUT2D eigenvalue weighted by atomic mass is 14.9. The van der Waals surface area contributed by atoms with E-state index in [0.29, 0.717) is 12.0 Å². The van der Waals surface area contributed by atoms with Crippen LogP contribution >= 0.6 is 0 Å². The van der Waals surface area contributed by atoms with Crippen molar-refractivity contribution < 1.29 is 0 Å². The van der Waals surface area contributed by atoms with E-state index in [2.05, 4.69) is 62.5 Å². The van der Waals surface area contributed by atoms with E-state index in [1.165, 1.54) is 24.1 Å². The van der Waals surface area contributed by atoms with Gasteiger partial charge < -0.3 is 5.32 Å². The molecule has 2 bridgehead atoms. The molecule has 2 aliphatic rings. The zero-order valence-corrected chi connectivity index (χ0v) is 12.3. The number of anilines is 1. The molecule has 1 aromatic rings. The molecular weight excluding hydrogens is 230 g/mol. The highest BCUT2D eigenvalue weighted by Crippen LogP contribution is 2.45. The predicted molar refractivity (Wildman–Crippen MR) is 82.5 cm³/mol. The molecule has 0 aliphatic heterocycles. The number of para-hydroxylation sites is 1. The zero-order valence-electron chi connectivity index (χ0n) is 12.3. The normalized spacial score (nSPS) is 30.0. The van der Waals surface area contributed by atoms with Crippen LogP contribution in [0.15, 0.2) is 36.4 Å². The number of benzene rings is 1. The lowest BCUT2D eigenvalue weighted by Gasteiger charge is -2.28. The average Bonchev–Trinajstić information content (AvgIpc) is 3.01. The van der Waals surface area contributed by atoms with Gasteiger partial charge in [-0.15, -0.1) is 0 Å². The van der Waals surface area contributed by atoms with E-state index in [0.717, 1.165) is 17.8 Å². The lowest BCUT2D eigenvalue weighted by Crippen LogP contribution is -2.29. The molecule has 3 rings (SSSR count). The third-order valence-electron chi connectivity index (χ3n) is 4.94. The summed E-state index contributed by atoms with van der Waals surface area (Å²) in [5.74, 6) is 3.07. The number of allylic oxidation sites excluding steroid dienone is 2. The first kappa shape index (κ1) is 12.8. The molecule has 0 spiro atoms. The fraction of sp³-hybridized carbons (Fsp3) is 0.556. The highest BCUT2D eigenvalue weighted by molar-refractivity contribution is 5.53. The predicted octanol–water partition coefficient (Wildman–Crippen LogP) is 4.82. The summed E-state index contributed by atoms with van der Waals surface area (Å²) in [5.41, 5.74) is 2.77. The fourth-order valence-corrected chi connectivity index (χ4v) is 3.88. The maximum absolute atomic E-state index is 3.78. The molecule has 19 heavy (non-hydrogen) atoms. The van der Waals surface area contributed by atoms with Gasteiger partial charge in [0.15, 0.2) is 0 Å². The van der Waals surface area contributed by atoms with Gasteiger partial charge in [-0.2, -0.15) is 0 Å². The summed E-state index contributed by atoms with van der Waals surface area (Å²) < 4.78 is 0. The first-order valence-electron chi connectivity index (χ1n) is 7.69. The van der Waals surface area contributed by atoms with Crippen molar-refractivity contribution in [1.29, 1.82) is 0 Å². The van der Waals surface area contributed by atoms with Gasteiger partial charge in [-0.25, -0.2) is 0 Å². The van der Waals surface area contributed by atoms with Crippen LogP contribution in [0.25, 0.3) is 0 Å². The van der Waals surface area contributed by atoms with E-state index in [4.69, 9.17) is 0 Å². The fourth-order valence-electron chi connectivity index (χ4n) is 3.88. The number of nitrogens with one attached hydrogen (secondary N) is 1. The van der Waals surface area contributed by atoms with E-state index in [-0.39, 0.29) is 0 Å². The largest absolute Gasteiger partial charge is 0.382 e. The van der Waals surface area contributed by atoms with E-state index < -0.39 is 0 Å². The molecule has 1 heteroatoms.